The molecule has 2 aliphatic carbocycles. The van der Waals surface area contributed by atoms with Crippen LogP contribution in [0.1, 0.15) is 13.3 Å². The number of methoxy groups -OCH3 is 1. The molecule has 0 aliphatic heterocycles. The molecule has 2 heteroatoms. The van der Waals surface area contributed by atoms with E-state index in [0.29, 0.717) is 11.3 Å². The predicted octanol–water partition coefficient (Wildman–Crippen LogP) is 3.26. The largest absolute Gasteiger partial charge is 0.489 e. The molecule has 0 saturated heterocycles. The van der Waals surface area contributed by atoms with Crippen molar-refractivity contribution in [2.24, 2.45) is 5.92 Å². The molecule has 0 aromatic rings. The van der Waals surface area contributed by atoms with Crippen molar-refractivity contribution in [1.82, 2.24) is 0 Å². The van der Waals surface area contributed by atoms with Crippen molar-refractivity contribution in [1.29, 1.82) is 0 Å². The van der Waals surface area contributed by atoms with Gasteiger partial charge in [0, 0.05) is 11.5 Å². The number of Topliss-reactive ketones (excluding diaryl/α,β-unsaturated/α-hetero) is 1. The first-order chi connectivity index (χ1) is 8.70. The Balaban J connectivity index is 2.11. The number of allylic oxidation sites excluding steroid dienone is 8. The lowest BCUT2D eigenvalue weighted by Gasteiger charge is -2.13. The number of carbonyl (C=O) groups excluding carboxylic acids is 1. The number of rotatable bonds is 3. The smallest absolute Gasteiger partial charge is 0.170 e. The highest BCUT2D eigenvalue weighted by atomic mass is 16.5. The molecule has 0 saturated carbocycles. The van der Waals surface area contributed by atoms with Gasteiger partial charge in [-0.15, -0.1) is 0 Å². The fourth-order valence-electron chi connectivity index (χ4n) is 1.91. The Labute approximate surface area is 107 Å². The number of hydrogen-bond acceptors (Lipinski definition) is 2. The number of ether oxygens (including phenoxy) is 1. The van der Waals surface area contributed by atoms with Crippen molar-refractivity contribution >= 4 is 5.78 Å². The zero-order valence-electron chi connectivity index (χ0n) is 10.6. The van der Waals surface area contributed by atoms with E-state index in [1.807, 2.05) is 19.1 Å². The van der Waals surface area contributed by atoms with Crippen LogP contribution in [0.15, 0.2) is 65.2 Å². The third kappa shape index (κ3) is 2.79. The second-order valence-electron chi connectivity index (χ2n) is 4.35. The van der Waals surface area contributed by atoms with Gasteiger partial charge in [-0.25, -0.2) is 0 Å². The molecule has 92 valence electrons. The molecule has 0 bridgehead atoms. The highest BCUT2D eigenvalue weighted by Gasteiger charge is 2.19. The Morgan fingerprint density at radius 1 is 1.39 bits per heavy atom. The molecular formula is C16H16O2. The Hall–Kier alpha value is -2.05. The summed E-state index contributed by atoms with van der Waals surface area (Å²) in [7, 11) is 1.59. The van der Waals surface area contributed by atoms with Gasteiger partial charge in [0.05, 0.1) is 7.11 Å². The standard InChI is InChI=1S/C16H16O2/c1-12-6-8-14(9-7-12)16(17)13-4-3-5-15(18-2)11-10-13/h3-4,6-8,10-11,14H,9H2,1-2H3. The molecule has 0 aromatic carbocycles. The minimum atomic E-state index is -0.0536. The summed E-state index contributed by atoms with van der Waals surface area (Å²) in [5.74, 6) is 0.715. The molecule has 0 N–H and O–H groups in total. The summed E-state index contributed by atoms with van der Waals surface area (Å²) < 4.78 is 5.08. The van der Waals surface area contributed by atoms with E-state index in [9.17, 15) is 4.79 Å². The maximum Gasteiger partial charge on any atom is 0.170 e. The molecule has 1 unspecified atom stereocenters. The van der Waals surface area contributed by atoms with Crippen LogP contribution in [0, 0.1) is 5.92 Å². The second kappa shape index (κ2) is 5.52. The highest BCUT2D eigenvalue weighted by Crippen LogP contribution is 2.21. The maximum atomic E-state index is 12.3. The van der Waals surface area contributed by atoms with Crippen molar-refractivity contribution in [2.45, 2.75) is 13.3 Å². The summed E-state index contributed by atoms with van der Waals surface area (Å²) in [5.41, 5.74) is 4.86. The fourth-order valence-corrected chi connectivity index (χ4v) is 1.91. The first-order valence-corrected chi connectivity index (χ1v) is 5.99. The van der Waals surface area contributed by atoms with Gasteiger partial charge in [-0.3, -0.25) is 4.79 Å². The zero-order valence-corrected chi connectivity index (χ0v) is 10.6. The van der Waals surface area contributed by atoms with Gasteiger partial charge < -0.3 is 4.74 Å². The van der Waals surface area contributed by atoms with Crippen molar-refractivity contribution in [3.8, 4) is 0 Å². The van der Waals surface area contributed by atoms with Crippen molar-refractivity contribution in [2.75, 3.05) is 7.11 Å². The Bertz CT molecular complexity index is 535. The molecule has 0 aromatic heterocycles. The van der Waals surface area contributed by atoms with Crippen LogP contribution in [0.5, 0.6) is 0 Å². The molecule has 0 spiro atoms. The van der Waals surface area contributed by atoms with E-state index in [2.05, 4.69) is 11.8 Å². The van der Waals surface area contributed by atoms with Crippen LogP contribution in [-0.4, -0.2) is 12.9 Å². The van der Waals surface area contributed by atoms with Crippen LogP contribution in [0.3, 0.4) is 0 Å². The molecule has 2 nitrogen and oxygen atoms in total. The molecular weight excluding hydrogens is 224 g/mol. The number of carbonyl (C=O) groups is 1. The summed E-state index contributed by atoms with van der Waals surface area (Å²) in [6.07, 6.45) is 13.9. The lowest BCUT2D eigenvalue weighted by molar-refractivity contribution is -0.117. The van der Waals surface area contributed by atoms with E-state index in [-0.39, 0.29) is 11.7 Å². The molecule has 1 atom stereocenters. The lowest BCUT2D eigenvalue weighted by Crippen LogP contribution is -2.14. The first-order valence-electron chi connectivity index (χ1n) is 5.99. The van der Waals surface area contributed by atoms with E-state index in [1.165, 1.54) is 5.57 Å². The summed E-state index contributed by atoms with van der Waals surface area (Å²) in [5, 5.41) is 0. The SMILES string of the molecule is COC1=C=CC=C(C(=O)C2C=CC(C)=CC2)C=C1. The van der Waals surface area contributed by atoms with Crippen LogP contribution in [0.2, 0.25) is 0 Å². The Morgan fingerprint density at radius 3 is 2.89 bits per heavy atom. The van der Waals surface area contributed by atoms with E-state index in [1.54, 1.807) is 31.4 Å². The maximum absolute atomic E-state index is 12.3. The van der Waals surface area contributed by atoms with Crippen molar-refractivity contribution in [3.05, 3.63) is 65.2 Å². The summed E-state index contributed by atoms with van der Waals surface area (Å²) >= 11 is 0. The minimum absolute atomic E-state index is 0.0536. The normalized spacial score (nSPS) is 21.9. The summed E-state index contributed by atoms with van der Waals surface area (Å²) in [4.78, 5) is 12.3. The summed E-state index contributed by atoms with van der Waals surface area (Å²) in [6.45, 7) is 2.04. The zero-order chi connectivity index (χ0) is 13.0. The molecule has 2 rings (SSSR count). The van der Waals surface area contributed by atoms with Crippen LogP contribution >= 0.6 is 0 Å². The van der Waals surface area contributed by atoms with E-state index in [4.69, 9.17) is 4.74 Å². The Kier molecular flexibility index (Phi) is 3.81. The molecule has 0 fully saturated rings. The van der Waals surface area contributed by atoms with Crippen LogP contribution in [0.4, 0.5) is 0 Å². The van der Waals surface area contributed by atoms with Crippen LogP contribution in [-0.2, 0) is 9.53 Å². The molecule has 0 amide bonds. The average molecular weight is 240 g/mol. The fraction of sp³-hybridized carbons (Fsp3) is 0.250. The van der Waals surface area contributed by atoms with Crippen LogP contribution < -0.4 is 0 Å². The second-order valence-corrected chi connectivity index (χ2v) is 4.35. The molecule has 18 heavy (non-hydrogen) atoms. The highest BCUT2D eigenvalue weighted by molar-refractivity contribution is 6.01. The van der Waals surface area contributed by atoms with Crippen LogP contribution in [0.25, 0.3) is 0 Å². The summed E-state index contributed by atoms with van der Waals surface area (Å²) in [6, 6.07) is 0. The third-order valence-corrected chi connectivity index (χ3v) is 3.03. The predicted molar refractivity (Wildman–Crippen MR) is 71.8 cm³/mol. The van der Waals surface area contributed by atoms with Gasteiger partial charge in [0.2, 0.25) is 0 Å². The topological polar surface area (TPSA) is 26.3 Å². The van der Waals surface area contributed by atoms with Gasteiger partial charge in [-0.1, -0.05) is 29.5 Å². The minimum Gasteiger partial charge on any atom is -0.489 e. The number of ketones is 1. The van der Waals surface area contributed by atoms with E-state index in [0.717, 1.165) is 6.42 Å². The van der Waals surface area contributed by atoms with Gasteiger partial charge in [0.15, 0.2) is 11.5 Å². The van der Waals surface area contributed by atoms with Crippen molar-refractivity contribution in [3.63, 3.8) is 0 Å². The van der Waals surface area contributed by atoms with Gasteiger partial charge >= 0.3 is 0 Å². The molecule has 0 radical (unpaired) electrons. The Morgan fingerprint density at radius 2 is 2.22 bits per heavy atom. The van der Waals surface area contributed by atoms with Crippen molar-refractivity contribution < 1.29 is 9.53 Å². The van der Waals surface area contributed by atoms with E-state index < -0.39 is 0 Å². The number of hydrogen-bond donors (Lipinski definition) is 0. The van der Waals surface area contributed by atoms with Gasteiger partial charge in [-0.05, 0) is 37.6 Å². The quantitative estimate of drug-likeness (QED) is 0.708. The van der Waals surface area contributed by atoms with Gasteiger partial charge in [-0.2, -0.15) is 0 Å². The first kappa shape index (κ1) is 12.4. The molecule has 2 aliphatic rings. The van der Waals surface area contributed by atoms with Gasteiger partial charge in [0.25, 0.3) is 0 Å². The lowest BCUT2D eigenvalue weighted by atomic mass is 9.89. The van der Waals surface area contributed by atoms with E-state index >= 15 is 0 Å². The van der Waals surface area contributed by atoms with Gasteiger partial charge in [0.1, 0.15) is 0 Å². The molecule has 0 heterocycles. The monoisotopic (exact) mass is 240 g/mol. The average Bonchev–Trinajstić information content (AvgIpc) is 2.64. The third-order valence-electron chi connectivity index (χ3n) is 3.03.